The van der Waals surface area contributed by atoms with Gasteiger partial charge >= 0.3 is 17.9 Å². The Balaban J connectivity index is 4.43. The van der Waals surface area contributed by atoms with E-state index in [9.17, 15) is 14.4 Å². The number of hydrogen-bond donors (Lipinski definition) is 0. The van der Waals surface area contributed by atoms with Crippen LogP contribution < -0.4 is 0 Å². The maximum atomic E-state index is 12.8. The van der Waals surface area contributed by atoms with E-state index in [4.69, 9.17) is 14.2 Å². The fourth-order valence-electron chi connectivity index (χ4n) is 6.73. The summed E-state index contributed by atoms with van der Waals surface area (Å²) in [5, 5.41) is 0. The SMILES string of the molecule is CC/C=C\C/C=C\C/C=C\CCCCCC(=O)OCC(COC(=O)CCCCCCCCCCC/C=C\C/C=C\CCCCC)OC(=O)CCCCC/C=C\C/C=C\C/C=C\CC. The molecule has 0 fully saturated rings. The molecule has 0 amide bonds. The van der Waals surface area contributed by atoms with E-state index < -0.39 is 6.10 Å². The highest BCUT2D eigenvalue weighted by molar-refractivity contribution is 5.71. The Labute approximate surface area is 387 Å². The minimum atomic E-state index is -0.806. The Hall–Kier alpha value is -3.67. The number of rotatable bonds is 45. The van der Waals surface area contributed by atoms with E-state index in [1.807, 2.05) is 0 Å². The van der Waals surface area contributed by atoms with Gasteiger partial charge in [0.1, 0.15) is 13.2 Å². The van der Waals surface area contributed by atoms with E-state index in [1.165, 1.54) is 70.6 Å². The highest BCUT2D eigenvalue weighted by Gasteiger charge is 2.19. The van der Waals surface area contributed by atoms with Crippen LogP contribution in [0.15, 0.2) is 97.2 Å². The molecule has 0 aliphatic carbocycles. The maximum absolute atomic E-state index is 12.8. The average molecular weight is 875 g/mol. The van der Waals surface area contributed by atoms with E-state index >= 15 is 0 Å². The minimum absolute atomic E-state index is 0.102. The molecule has 1 atom stereocenters. The highest BCUT2D eigenvalue weighted by Crippen LogP contribution is 2.14. The van der Waals surface area contributed by atoms with E-state index in [2.05, 4.69) is 118 Å². The van der Waals surface area contributed by atoms with Crippen molar-refractivity contribution in [2.75, 3.05) is 13.2 Å². The summed E-state index contributed by atoms with van der Waals surface area (Å²) in [6.07, 6.45) is 66.8. The van der Waals surface area contributed by atoms with Crippen molar-refractivity contribution >= 4 is 17.9 Å². The summed E-state index contributed by atoms with van der Waals surface area (Å²) in [7, 11) is 0. The molecule has 6 heteroatoms. The largest absolute Gasteiger partial charge is 0.462 e. The minimum Gasteiger partial charge on any atom is -0.462 e. The topological polar surface area (TPSA) is 78.9 Å². The van der Waals surface area contributed by atoms with Crippen LogP contribution in [0.1, 0.15) is 226 Å². The molecule has 0 radical (unpaired) electrons. The van der Waals surface area contributed by atoms with Gasteiger partial charge in [-0.1, -0.05) is 189 Å². The molecule has 0 aromatic heterocycles. The highest BCUT2D eigenvalue weighted by atomic mass is 16.6. The summed E-state index contributed by atoms with van der Waals surface area (Å²) in [6.45, 7) is 6.32. The van der Waals surface area contributed by atoms with Gasteiger partial charge in [-0.25, -0.2) is 0 Å². The monoisotopic (exact) mass is 875 g/mol. The van der Waals surface area contributed by atoms with Gasteiger partial charge in [0.25, 0.3) is 0 Å². The van der Waals surface area contributed by atoms with Gasteiger partial charge in [-0.2, -0.15) is 0 Å². The van der Waals surface area contributed by atoms with E-state index in [0.717, 1.165) is 116 Å². The molecule has 0 aliphatic heterocycles. The summed E-state index contributed by atoms with van der Waals surface area (Å²) in [4.78, 5) is 37.9. The third-order valence-electron chi connectivity index (χ3n) is 10.6. The van der Waals surface area contributed by atoms with Crippen molar-refractivity contribution in [3.63, 3.8) is 0 Å². The molecule has 0 aliphatic rings. The second-order valence-electron chi connectivity index (χ2n) is 16.7. The lowest BCUT2D eigenvalue weighted by atomic mass is 10.1. The van der Waals surface area contributed by atoms with Gasteiger partial charge in [-0.05, 0) is 116 Å². The first kappa shape index (κ1) is 59.3. The fraction of sp³-hybridized carbons (Fsp3) is 0.667. The molecule has 0 N–H and O–H groups in total. The van der Waals surface area contributed by atoms with Crippen LogP contribution in [-0.2, 0) is 28.6 Å². The Kier molecular flexibility index (Phi) is 48.0. The van der Waals surface area contributed by atoms with Gasteiger partial charge in [0, 0.05) is 19.3 Å². The number of allylic oxidation sites excluding steroid dienone is 16. The lowest BCUT2D eigenvalue weighted by Gasteiger charge is -2.18. The van der Waals surface area contributed by atoms with Crippen LogP contribution in [0, 0.1) is 0 Å². The van der Waals surface area contributed by atoms with Gasteiger partial charge in [0.15, 0.2) is 6.10 Å². The standard InChI is InChI=1S/C57H94O6/c1-4-7-10-13-16-19-22-25-26-27-28-29-30-33-35-38-41-44-47-50-56(59)62-53-54(63-57(60)51-48-45-42-39-36-32-24-21-18-15-12-9-6-3)52-61-55(58)49-46-43-40-37-34-31-23-20-17-14-11-8-5-2/h8-9,11-12,16-21,25-26,31-32,34,36,54H,4-7,10,13-15,22-24,27-30,33,35,37-53H2,1-3H3/b11-8-,12-9-,19-16-,20-17-,21-18-,26-25-,34-31-,36-32-. The number of hydrogen-bond acceptors (Lipinski definition) is 6. The smallest absolute Gasteiger partial charge is 0.306 e. The summed E-state index contributed by atoms with van der Waals surface area (Å²) in [5.74, 6) is -0.971. The molecule has 63 heavy (non-hydrogen) atoms. The molecule has 0 rings (SSSR count). The van der Waals surface area contributed by atoms with Crippen LogP contribution in [0.4, 0.5) is 0 Å². The van der Waals surface area contributed by atoms with Crippen molar-refractivity contribution in [3.05, 3.63) is 97.2 Å². The van der Waals surface area contributed by atoms with E-state index in [0.29, 0.717) is 12.8 Å². The molecule has 358 valence electrons. The molecule has 0 aromatic carbocycles. The Bertz CT molecular complexity index is 1280. The van der Waals surface area contributed by atoms with Crippen LogP contribution in [-0.4, -0.2) is 37.2 Å². The first-order chi connectivity index (χ1) is 31.0. The first-order valence-electron chi connectivity index (χ1n) is 25.7. The van der Waals surface area contributed by atoms with E-state index in [-0.39, 0.29) is 37.5 Å². The molecule has 0 heterocycles. The molecule has 0 spiro atoms. The zero-order valence-electron chi connectivity index (χ0n) is 40.8. The summed E-state index contributed by atoms with van der Waals surface area (Å²) < 4.78 is 16.7. The van der Waals surface area contributed by atoms with Crippen LogP contribution in [0.25, 0.3) is 0 Å². The Morgan fingerprint density at radius 2 is 0.619 bits per heavy atom. The quantitative estimate of drug-likeness (QED) is 0.0262. The van der Waals surface area contributed by atoms with Crippen LogP contribution in [0.2, 0.25) is 0 Å². The normalized spacial score (nSPS) is 12.9. The van der Waals surface area contributed by atoms with Crippen molar-refractivity contribution in [2.24, 2.45) is 0 Å². The predicted octanol–water partition coefficient (Wildman–Crippen LogP) is 17.0. The van der Waals surface area contributed by atoms with Crippen molar-refractivity contribution < 1.29 is 28.6 Å². The van der Waals surface area contributed by atoms with Crippen LogP contribution in [0.3, 0.4) is 0 Å². The molecule has 1 unspecified atom stereocenters. The van der Waals surface area contributed by atoms with Crippen molar-refractivity contribution in [3.8, 4) is 0 Å². The number of esters is 3. The predicted molar refractivity (Wildman–Crippen MR) is 270 cm³/mol. The molecule has 0 saturated heterocycles. The maximum Gasteiger partial charge on any atom is 0.306 e. The zero-order chi connectivity index (χ0) is 45.8. The lowest BCUT2D eigenvalue weighted by Crippen LogP contribution is -2.30. The third-order valence-corrected chi connectivity index (χ3v) is 10.6. The van der Waals surface area contributed by atoms with Gasteiger partial charge < -0.3 is 14.2 Å². The molecular formula is C57H94O6. The summed E-state index contributed by atoms with van der Waals surface area (Å²) >= 11 is 0. The van der Waals surface area contributed by atoms with Gasteiger partial charge in [0.2, 0.25) is 0 Å². The molecular weight excluding hydrogens is 781 g/mol. The summed E-state index contributed by atoms with van der Waals surface area (Å²) in [6, 6.07) is 0. The van der Waals surface area contributed by atoms with Gasteiger partial charge in [-0.15, -0.1) is 0 Å². The second-order valence-corrected chi connectivity index (χ2v) is 16.7. The number of carbonyl (C=O) groups is 3. The van der Waals surface area contributed by atoms with Crippen molar-refractivity contribution in [1.29, 1.82) is 0 Å². The van der Waals surface area contributed by atoms with Crippen LogP contribution in [0.5, 0.6) is 0 Å². The Morgan fingerprint density at radius 1 is 0.333 bits per heavy atom. The second kappa shape index (κ2) is 51.0. The number of carbonyl (C=O) groups excluding carboxylic acids is 3. The zero-order valence-corrected chi connectivity index (χ0v) is 40.8. The molecule has 0 aromatic rings. The number of ether oxygens (including phenoxy) is 3. The summed E-state index contributed by atoms with van der Waals surface area (Å²) in [5.41, 5.74) is 0. The Morgan fingerprint density at radius 3 is 0.984 bits per heavy atom. The van der Waals surface area contributed by atoms with E-state index in [1.54, 1.807) is 0 Å². The third kappa shape index (κ3) is 49.2. The fourth-order valence-corrected chi connectivity index (χ4v) is 6.73. The lowest BCUT2D eigenvalue weighted by molar-refractivity contribution is -0.167. The molecule has 0 bridgehead atoms. The number of unbranched alkanes of at least 4 members (excludes halogenated alkanes) is 18. The average Bonchev–Trinajstić information content (AvgIpc) is 3.28. The van der Waals surface area contributed by atoms with Gasteiger partial charge in [-0.3, -0.25) is 14.4 Å². The molecule has 0 saturated carbocycles. The van der Waals surface area contributed by atoms with Crippen molar-refractivity contribution in [2.45, 2.75) is 232 Å². The molecule has 6 nitrogen and oxygen atoms in total. The first-order valence-corrected chi connectivity index (χ1v) is 25.7. The van der Waals surface area contributed by atoms with Gasteiger partial charge in [0.05, 0.1) is 0 Å². The van der Waals surface area contributed by atoms with Crippen LogP contribution >= 0.6 is 0 Å². The van der Waals surface area contributed by atoms with Crippen molar-refractivity contribution in [1.82, 2.24) is 0 Å².